The van der Waals surface area contributed by atoms with Gasteiger partial charge in [-0.05, 0) is 42.8 Å². The molecule has 0 atom stereocenters. The molecule has 0 unspecified atom stereocenters. The van der Waals surface area contributed by atoms with Crippen LogP contribution >= 0.6 is 0 Å². The van der Waals surface area contributed by atoms with Gasteiger partial charge < -0.3 is 10.1 Å². The van der Waals surface area contributed by atoms with Gasteiger partial charge in [0.25, 0.3) is 11.5 Å². The van der Waals surface area contributed by atoms with Gasteiger partial charge in [-0.15, -0.1) is 0 Å². The Morgan fingerprint density at radius 1 is 1.12 bits per heavy atom. The maximum Gasteiger partial charge on any atom is 0.329 e. The van der Waals surface area contributed by atoms with E-state index >= 15 is 0 Å². The third-order valence-electron chi connectivity index (χ3n) is 4.57. The summed E-state index contributed by atoms with van der Waals surface area (Å²) in [6.45, 7) is 2.29. The van der Waals surface area contributed by atoms with Gasteiger partial charge in [-0.3, -0.25) is 19.1 Å². The Bertz CT molecular complexity index is 1400. The number of amides is 1. The van der Waals surface area contributed by atoms with Crippen molar-refractivity contribution in [3.05, 3.63) is 87.1 Å². The van der Waals surface area contributed by atoms with Crippen LogP contribution in [0.15, 0.2) is 64.4 Å². The predicted octanol–water partition coefficient (Wildman–Crippen LogP) is 3.07. The molecular weight excluding hydrogens is 417 g/mol. The Balaban J connectivity index is 1.52. The first-order valence-electron chi connectivity index (χ1n) is 9.78. The highest BCUT2D eigenvalue weighted by atomic mass is 19.1. The van der Waals surface area contributed by atoms with Gasteiger partial charge in [-0.1, -0.05) is 6.92 Å². The zero-order valence-corrected chi connectivity index (χ0v) is 17.0. The molecule has 3 aromatic heterocycles. The number of benzene rings is 1. The average molecular weight is 435 g/mol. The fourth-order valence-electron chi connectivity index (χ4n) is 3.06. The maximum absolute atomic E-state index is 13.0. The Morgan fingerprint density at radius 3 is 2.59 bits per heavy atom. The van der Waals surface area contributed by atoms with E-state index in [2.05, 4.69) is 20.3 Å². The quantitative estimate of drug-likeness (QED) is 0.480. The van der Waals surface area contributed by atoms with Gasteiger partial charge in [0.1, 0.15) is 17.2 Å². The van der Waals surface area contributed by atoms with Gasteiger partial charge in [-0.2, -0.15) is 0 Å². The first-order chi connectivity index (χ1) is 15.4. The van der Waals surface area contributed by atoms with Crippen LogP contribution in [0.1, 0.15) is 23.7 Å². The molecule has 0 aliphatic rings. The first kappa shape index (κ1) is 20.9. The van der Waals surface area contributed by atoms with Crippen molar-refractivity contribution in [1.29, 1.82) is 0 Å². The molecule has 2 N–H and O–H groups in total. The Labute approximate surface area is 180 Å². The van der Waals surface area contributed by atoms with E-state index in [1.807, 2.05) is 6.92 Å². The van der Waals surface area contributed by atoms with Crippen LogP contribution in [0.4, 0.5) is 10.1 Å². The topological polar surface area (TPSA) is 119 Å². The lowest BCUT2D eigenvalue weighted by Crippen LogP contribution is -2.31. The van der Waals surface area contributed by atoms with Crippen molar-refractivity contribution in [2.45, 2.75) is 19.9 Å². The number of aromatic amines is 1. The first-order valence-corrected chi connectivity index (χ1v) is 9.78. The molecule has 162 valence electrons. The highest BCUT2D eigenvalue weighted by Crippen LogP contribution is 2.21. The molecule has 3 heterocycles. The fraction of sp³-hybridized carbons (Fsp3) is 0.136. The van der Waals surface area contributed by atoms with Gasteiger partial charge in [0.15, 0.2) is 0 Å². The summed E-state index contributed by atoms with van der Waals surface area (Å²) in [5, 5.41) is 2.81. The molecule has 4 aromatic rings. The lowest BCUT2D eigenvalue weighted by Gasteiger charge is -2.09. The molecule has 0 aliphatic carbocycles. The number of nitrogens with zero attached hydrogens (tertiary/aromatic N) is 3. The van der Waals surface area contributed by atoms with Gasteiger partial charge in [0.2, 0.25) is 5.88 Å². The minimum absolute atomic E-state index is 0.145. The van der Waals surface area contributed by atoms with E-state index in [9.17, 15) is 18.8 Å². The van der Waals surface area contributed by atoms with Crippen LogP contribution in [0.3, 0.4) is 0 Å². The molecule has 32 heavy (non-hydrogen) atoms. The smallest absolute Gasteiger partial charge is 0.329 e. The summed E-state index contributed by atoms with van der Waals surface area (Å²) in [7, 11) is 0. The Kier molecular flexibility index (Phi) is 5.75. The fourth-order valence-corrected chi connectivity index (χ4v) is 3.06. The van der Waals surface area contributed by atoms with Crippen LogP contribution in [0.25, 0.3) is 11.0 Å². The van der Waals surface area contributed by atoms with Gasteiger partial charge in [-0.25, -0.2) is 19.2 Å². The molecule has 0 radical (unpaired) electrons. The maximum atomic E-state index is 13.0. The van der Waals surface area contributed by atoms with E-state index in [0.717, 1.165) is 0 Å². The molecule has 9 nitrogen and oxygen atoms in total. The van der Waals surface area contributed by atoms with Crippen molar-refractivity contribution in [2.75, 3.05) is 5.32 Å². The van der Waals surface area contributed by atoms with Crippen molar-refractivity contribution < 1.29 is 13.9 Å². The summed E-state index contributed by atoms with van der Waals surface area (Å²) in [4.78, 5) is 47.4. The number of anilines is 1. The van der Waals surface area contributed by atoms with Crippen molar-refractivity contribution in [1.82, 2.24) is 19.5 Å². The summed E-state index contributed by atoms with van der Waals surface area (Å²) < 4.78 is 19.8. The molecule has 10 heteroatoms. The predicted molar refractivity (Wildman–Crippen MR) is 116 cm³/mol. The lowest BCUT2D eigenvalue weighted by atomic mass is 10.2. The van der Waals surface area contributed by atoms with Crippen molar-refractivity contribution in [2.24, 2.45) is 0 Å². The van der Waals surface area contributed by atoms with E-state index < -0.39 is 17.2 Å². The molecule has 0 saturated carbocycles. The van der Waals surface area contributed by atoms with Gasteiger partial charge >= 0.3 is 5.69 Å². The number of pyridine rings is 2. The SMILES string of the molecule is CCCn1c(=O)[nH]c(=O)c2cc(C(=O)Nc3ccc(Oc4ccc(F)cc4)nc3)cnc21. The number of aromatic nitrogens is 4. The minimum atomic E-state index is -0.608. The zero-order chi connectivity index (χ0) is 22.7. The Hall–Kier alpha value is -4.34. The van der Waals surface area contributed by atoms with E-state index in [-0.39, 0.29) is 28.3 Å². The van der Waals surface area contributed by atoms with E-state index in [4.69, 9.17) is 4.74 Å². The number of fused-ring (bicyclic) bond motifs is 1. The molecule has 0 spiro atoms. The number of aryl methyl sites for hydroxylation is 1. The number of carbonyl (C=O) groups is 1. The average Bonchev–Trinajstić information content (AvgIpc) is 2.79. The summed E-state index contributed by atoms with van der Waals surface area (Å²) in [5.41, 5.74) is -0.379. The number of hydrogen-bond acceptors (Lipinski definition) is 6. The van der Waals surface area contributed by atoms with Crippen LogP contribution in [0, 0.1) is 5.82 Å². The number of carbonyl (C=O) groups excluding carboxylic acids is 1. The number of nitrogens with one attached hydrogen (secondary N) is 2. The normalized spacial score (nSPS) is 10.8. The van der Waals surface area contributed by atoms with Crippen molar-refractivity contribution in [3.8, 4) is 11.6 Å². The molecule has 4 rings (SSSR count). The monoisotopic (exact) mass is 435 g/mol. The van der Waals surface area contributed by atoms with Crippen LogP contribution in [0.5, 0.6) is 11.6 Å². The minimum Gasteiger partial charge on any atom is -0.439 e. The number of ether oxygens (including phenoxy) is 1. The molecule has 0 saturated heterocycles. The molecule has 0 bridgehead atoms. The summed E-state index contributed by atoms with van der Waals surface area (Å²) in [6.07, 6.45) is 3.39. The van der Waals surface area contributed by atoms with E-state index in [0.29, 0.717) is 24.4 Å². The molecule has 1 amide bonds. The largest absolute Gasteiger partial charge is 0.439 e. The molecule has 0 aliphatic heterocycles. The second kappa shape index (κ2) is 8.80. The molecule has 0 fully saturated rings. The summed E-state index contributed by atoms with van der Waals surface area (Å²) >= 11 is 0. The second-order valence-electron chi connectivity index (χ2n) is 6.90. The van der Waals surface area contributed by atoms with Crippen molar-refractivity contribution in [3.63, 3.8) is 0 Å². The number of rotatable bonds is 6. The highest BCUT2D eigenvalue weighted by molar-refractivity contribution is 6.05. The lowest BCUT2D eigenvalue weighted by molar-refractivity contribution is 0.102. The van der Waals surface area contributed by atoms with Crippen LogP contribution in [-0.2, 0) is 6.54 Å². The molecule has 1 aromatic carbocycles. The standard InChI is InChI=1S/C22H18FN5O4/c1-2-9-28-19-17(21(30)27-22(28)31)10-13(11-25-19)20(29)26-15-5-8-18(24-12-15)32-16-6-3-14(23)4-7-16/h3-8,10-12H,2,9H2,1H3,(H,26,29)(H,27,30,31). The van der Waals surface area contributed by atoms with Crippen molar-refractivity contribution >= 4 is 22.6 Å². The Morgan fingerprint density at radius 2 is 1.91 bits per heavy atom. The van der Waals surface area contributed by atoms with E-state index in [1.54, 1.807) is 12.1 Å². The van der Waals surface area contributed by atoms with E-state index in [1.165, 1.54) is 47.3 Å². The second-order valence-corrected chi connectivity index (χ2v) is 6.90. The number of H-pyrrole nitrogens is 1. The van der Waals surface area contributed by atoms with Crippen LogP contribution in [0.2, 0.25) is 0 Å². The number of halogens is 1. The van der Waals surface area contributed by atoms with Gasteiger partial charge in [0, 0.05) is 18.8 Å². The van der Waals surface area contributed by atoms with Gasteiger partial charge in [0.05, 0.1) is 22.8 Å². The third-order valence-corrected chi connectivity index (χ3v) is 4.57. The summed E-state index contributed by atoms with van der Waals surface area (Å²) in [5.74, 6) is -0.185. The summed E-state index contributed by atoms with van der Waals surface area (Å²) in [6, 6.07) is 10.0. The van der Waals surface area contributed by atoms with Crippen LogP contribution < -0.4 is 21.3 Å². The van der Waals surface area contributed by atoms with Crippen LogP contribution in [-0.4, -0.2) is 25.4 Å². The number of hydrogen-bond donors (Lipinski definition) is 2. The molecular formula is C22H18FN5O4. The highest BCUT2D eigenvalue weighted by Gasteiger charge is 2.13. The third kappa shape index (κ3) is 4.38. The zero-order valence-electron chi connectivity index (χ0n) is 17.0.